The molecule has 1 aromatic rings. The Bertz CT molecular complexity index is 273. The van der Waals surface area contributed by atoms with Crippen molar-refractivity contribution in [3.05, 3.63) is 35.1 Å². The van der Waals surface area contributed by atoms with Crippen molar-refractivity contribution in [2.75, 3.05) is 0 Å². The standard InChI is InChI=1S/C7H6F3N/c8-5-2-7(10)6(9)1-4(5)3-11/h1-2H,3,11H2. The molecule has 0 spiro atoms. The van der Waals surface area contributed by atoms with Crippen molar-refractivity contribution in [3.63, 3.8) is 0 Å². The average Bonchev–Trinajstić information content (AvgIpc) is 1.97. The lowest BCUT2D eigenvalue weighted by Crippen LogP contribution is -2.01. The zero-order chi connectivity index (χ0) is 8.43. The van der Waals surface area contributed by atoms with E-state index < -0.39 is 17.5 Å². The molecule has 0 saturated heterocycles. The highest BCUT2D eigenvalue weighted by Gasteiger charge is 2.07. The van der Waals surface area contributed by atoms with Gasteiger partial charge in [0.2, 0.25) is 0 Å². The number of benzene rings is 1. The van der Waals surface area contributed by atoms with Crippen LogP contribution in [0.1, 0.15) is 5.56 Å². The van der Waals surface area contributed by atoms with Gasteiger partial charge in [0.1, 0.15) is 5.82 Å². The predicted molar refractivity (Wildman–Crippen MR) is 34.2 cm³/mol. The predicted octanol–water partition coefficient (Wildman–Crippen LogP) is 1.56. The quantitative estimate of drug-likeness (QED) is 0.621. The van der Waals surface area contributed by atoms with Gasteiger partial charge in [0.25, 0.3) is 0 Å². The molecule has 0 fully saturated rings. The van der Waals surface area contributed by atoms with Crippen LogP contribution in [0.15, 0.2) is 12.1 Å². The Morgan fingerprint density at radius 1 is 1.00 bits per heavy atom. The van der Waals surface area contributed by atoms with Crippen LogP contribution in [-0.2, 0) is 6.54 Å². The number of nitrogens with two attached hydrogens (primary N) is 1. The second-order valence-electron chi connectivity index (χ2n) is 2.06. The summed E-state index contributed by atoms with van der Waals surface area (Å²) >= 11 is 0. The number of halogens is 3. The Morgan fingerprint density at radius 3 is 2.09 bits per heavy atom. The summed E-state index contributed by atoms with van der Waals surface area (Å²) in [7, 11) is 0. The molecule has 2 N–H and O–H groups in total. The smallest absolute Gasteiger partial charge is 0.161 e. The highest BCUT2D eigenvalue weighted by Crippen LogP contribution is 2.12. The SMILES string of the molecule is NCc1cc(F)c(F)cc1F. The van der Waals surface area contributed by atoms with Crippen molar-refractivity contribution in [1.29, 1.82) is 0 Å². The Kier molecular flexibility index (Phi) is 2.14. The van der Waals surface area contributed by atoms with Crippen LogP contribution in [0, 0.1) is 17.5 Å². The summed E-state index contributed by atoms with van der Waals surface area (Å²) in [5.74, 6) is -3.09. The molecule has 0 saturated carbocycles. The Labute approximate surface area is 61.6 Å². The molecule has 4 heteroatoms. The van der Waals surface area contributed by atoms with Gasteiger partial charge in [-0.1, -0.05) is 0 Å². The van der Waals surface area contributed by atoms with Gasteiger partial charge < -0.3 is 5.73 Å². The van der Waals surface area contributed by atoms with Crippen LogP contribution in [0.25, 0.3) is 0 Å². The molecule has 11 heavy (non-hydrogen) atoms. The van der Waals surface area contributed by atoms with Crippen molar-refractivity contribution in [1.82, 2.24) is 0 Å². The molecule has 0 bridgehead atoms. The average molecular weight is 161 g/mol. The maximum absolute atomic E-state index is 12.5. The van der Waals surface area contributed by atoms with E-state index in [9.17, 15) is 13.2 Å². The maximum Gasteiger partial charge on any atom is 0.161 e. The molecule has 0 amide bonds. The third kappa shape index (κ3) is 1.51. The minimum Gasteiger partial charge on any atom is -0.326 e. The van der Waals surface area contributed by atoms with Crippen molar-refractivity contribution < 1.29 is 13.2 Å². The van der Waals surface area contributed by atoms with E-state index in [-0.39, 0.29) is 12.1 Å². The van der Waals surface area contributed by atoms with Crippen LogP contribution in [0.2, 0.25) is 0 Å². The summed E-state index contributed by atoms with van der Waals surface area (Å²) < 4.78 is 37.1. The van der Waals surface area contributed by atoms with Crippen LogP contribution in [0.5, 0.6) is 0 Å². The van der Waals surface area contributed by atoms with Crippen LogP contribution >= 0.6 is 0 Å². The first kappa shape index (κ1) is 8.07. The number of hydrogen-bond acceptors (Lipinski definition) is 1. The molecular weight excluding hydrogens is 155 g/mol. The normalized spacial score (nSPS) is 10.2. The summed E-state index contributed by atoms with van der Waals surface area (Å²) in [6.07, 6.45) is 0. The first-order valence-corrected chi connectivity index (χ1v) is 2.98. The summed E-state index contributed by atoms with van der Waals surface area (Å²) in [6.45, 7) is -0.136. The summed E-state index contributed by atoms with van der Waals surface area (Å²) in [5.41, 5.74) is 5.02. The lowest BCUT2D eigenvalue weighted by Gasteiger charge is -1.99. The van der Waals surface area contributed by atoms with E-state index in [2.05, 4.69) is 0 Å². The molecule has 0 atom stereocenters. The van der Waals surface area contributed by atoms with Gasteiger partial charge in [0.05, 0.1) is 0 Å². The lowest BCUT2D eigenvalue weighted by atomic mass is 10.2. The number of hydrogen-bond donors (Lipinski definition) is 1. The molecule has 0 aliphatic carbocycles. The molecule has 1 nitrogen and oxygen atoms in total. The molecule has 0 unspecified atom stereocenters. The van der Waals surface area contributed by atoms with E-state index in [0.29, 0.717) is 6.07 Å². The molecule has 60 valence electrons. The van der Waals surface area contributed by atoms with Crippen LogP contribution in [-0.4, -0.2) is 0 Å². The molecule has 0 aromatic heterocycles. The summed E-state index contributed by atoms with van der Waals surface area (Å²) in [6, 6.07) is 1.24. The highest BCUT2D eigenvalue weighted by molar-refractivity contribution is 5.19. The number of rotatable bonds is 1. The van der Waals surface area contributed by atoms with E-state index in [1.807, 2.05) is 0 Å². The lowest BCUT2D eigenvalue weighted by molar-refractivity contribution is 0.490. The molecule has 0 aliphatic rings. The molecule has 1 aromatic carbocycles. The molecule has 0 radical (unpaired) electrons. The van der Waals surface area contributed by atoms with Gasteiger partial charge in [-0.3, -0.25) is 0 Å². The van der Waals surface area contributed by atoms with Gasteiger partial charge in [-0.15, -0.1) is 0 Å². The van der Waals surface area contributed by atoms with Gasteiger partial charge in [0.15, 0.2) is 11.6 Å². The summed E-state index contributed by atoms with van der Waals surface area (Å²) in [5, 5.41) is 0. The highest BCUT2D eigenvalue weighted by atomic mass is 19.2. The van der Waals surface area contributed by atoms with Crippen molar-refractivity contribution in [2.24, 2.45) is 5.73 Å². The van der Waals surface area contributed by atoms with Gasteiger partial charge >= 0.3 is 0 Å². The van der Waals surface area contributed by atoms with Gasteiger partial charge in [-0.05, 0) is 6.07 Å². The van der Waals surface area contributed by atoms with Gasteiger partial charge in [-0.2, -0.15) is 0 Å². The third-order valence-corrected chi connectivity index (χ3v) is 1.31. The van der Waals surface area contributed by atoms with E-state index in [0.717, 1.165) is 6.07 Å². The van der Waals surface area contributed by atoms with E-state index >= 15 is 0 Å². The molecule has 0 heterocycles. The second kappa shape index (κ2) is 2.92. The zero-order valence-corrected chi connectivity index (χ0v) is 5.57. The van der Waals surface area contributed by atoms with Crippen molar-refractivity contribution in [3.8, 4) is 0 Å². The molecular formula is C7H6F3N. The fourth-order valence-corrected chi connectivity index (χ4v) is 0.720. The van der Waals surface area contributed by atoms with Gasteiger partial charge in [0, 0.05) is 18.2 Å². The first-order valence-electron chi connectivity index (χ1n) is 2.98. The minimum atomic E-state index is -1.19. The van der Waals surface area contributed by atoms with E-state index in [1.165, 1.54) is 0 Å². The van der Waals surface area contributed by atoms with Crippen LogP contribution in [0.4, 0.5) is 13.2 Å². The Morgan fingerprint density at radius 2 is 1.55 bits per heavy atom. The second-order valence-corrected chi connectivity index (χ2v) is 2.06. The van der Waals surface area contributed by atoms with Crippen LogP contribution < -0.4 is 5.73 Å². The first-order chi connectivity index (χ1) is 5.15. The topological polar surface area (TPSA) is 26.0 Å². The minimum absolute atomic E-state index is 0.0242. The van der Waals surface area contributed by atoms with Crippen molar-refractivity contribution in [2.45, 2.75) is 6.54 Å². The zero-order valence-electron chi connectivity index (χ0n) is 5.57. The fourth-order valence-electron chi connectivity index (χ4n) is 0.720. The Hall–Kier alpha value is -1.03. The molecule has 1 rings (SSSR count). The van der Waals surface area contributed by atoms with E-state index in [4.69, 9.17) is 5.73 Å². The van der Waals surface area contributed by atoms with Crippen LogP contribution in [0.3, 0.4) is 0 Å². The van der Waals surface area contributed by atoms with Gasteiger partial charge in [-0.25, -0.2) is 13.2 Å². The summed E-state index contributed by atoms with van der Waals surface area (Å²) in [4.78, 5) is 0. The third-order valence-electron chi connectivity index (χ3n) is 1.31. The van der Waals surface area contributed by atoms with E-state index in [1.54, 1.807) is 0 Å². The monoisotopic (exact) mass is 161 g/mol. The Balaban J connectivity index is 3.21. The fraction of sp³-hybridized carbons (Fsp3) is 0.143. The largest absolute Gasteiger partial charge is 0.326 e. The molecule has 0 aliphatic heterocycles. The maximum atomic E-state index is 12.5. The van der Waals surface area contributed by atoms with Crippen molar-refractivity contribution >= 4 is 0 Å².